The first-order chi connectivity index (χ1) is 10.4. The molecular weight excluding hydrogens is 296 g/mol. The van der Waals surface area contributed by atoms with E-state index in [0.717, 1.165) is 6.42 Å². The maximum absolute atomic E-state index is 12.0. The number of alkyl halides is 2. The zero-order valence-corrected chi connectivity index (χ0v) is 12.2. The predicted octanol–water partition coefficient (Wildman–Crippen LogP) is 2.59. The Bertz CT molecular complexity index is 491. The van der Waals surface area contributed by atoms with Gasteiger partial charge in [-0.3, -0.25) is 9.59 Å². The minimum atomic E-state index is -2.89. The van der Waals surface area contributed by atoms with E-state index in [9.17, 15) is 18.4 Å². The van der Waals surface area contributed by atoms with Crippen LogP contribution in [-0.2, 0) is 16.0 Å². The molecule has 1 aromatic carbocycles. The summed E-state index contributed by atoms with van der Waals surface area (Å²) in [4.78, 5) is 22.6. The molecule has 0 radical (unpaired) electrons. The predicted molar refractivity (Wildman–Crippen MR) is 75.9 cm³/mol. The van der Waals surface area contributed by atoms with E-state index < -0.39 is 18.6 Å². The second kappa shape index (κ2) is 8.96. The molecule has 0 aromatic heterocycles. The van der Waals surface area contributed by atoms with Crippen molar-refractivity contribution in [2.45, 2.75) is 45.3 Å². The highest BCUT2D eigenvalue weighted by molar-refractivity contribution is 5.79. The fourth-order valence-electron chi connectivity index (χ4n) is 2.04. The molecule has 0 heterocycles. The molecule has 0 unspecified atom stereocenters. The van der Waals surface area contributed by atoms with Crippen molar-refractivity contribution in [2.24, 2.45) is 0 Å². The van der Waals surface area contributed by atoms with Crippen LogP contribution in [0.5, 0.6) is 5.75 Å². The monoisotopic (exact) mass is 315 g/mol. The second-order valence-corrected chi connectivity index (χ2v) is 4.85. The summed E-state index contributed by atoms with van der Waals surface area (Å²) in [7, 11) is 0. The van der Waals surface area contributed by atoms with E-state index >= 15 is 0 Å². The lowest BCUT2D eigenvalue weighted by Crippen LogP contribution is -2.37. The van der Waals surface area contributed by atoms with Crippen molar-refractivity contribution in [3.05, 3.63) is 29.8 Å². The molecule has 1 amide bonds. The molecule has 1 aromatic rings. The Hall–Kier alpha value is -2.18. The first kappa shape index (κ1) is 17.9. The molecule has 0 bridgehead atoms. The lowest BCUT2D eigenvalue weighted by Gasteiger charge is -2.16. The highest BCUT2D eigenvalue weighted by Crippen LogP contribution is 2.15. The summed E-state index contributed by atoms with van der Waals surface area (Å²) in [6, 6.07) is 5.34. The largest absolute Gasteiger partial charge is 0.481 e. The number of carboxylic acids is 1. The smallest absolute Gasteiger partial charge is 0.387 e. The Kier molecular flexibility index (Phi) is 7.28. The van der Waals surface area contributed by atoms with Gasteiger partial charge >= 0.3 is 12.6 Å². The van der Waals surface area contributed by atoms with Gasteiger partial charge in [0.1, 0.15) is 5.75 Å². The highest BCUT2D eigenvalue weighted by atomic mass is 19.3. The van der Waals surface area contributed by atoms with E-state index in [1.807, 2.05) is 6.92 Å². The van der Waals surface area contributed by atoms with Gasteiger partial charge in [-0.15, -0.1) is 0 Å². The van der Waals surface area contributed by atoms with Crippen LogP contribution in [-0.4, -0.2) is 29.6 Å². The third-order valence-corrected chi connectivity index (χ3v) is 2.94. The fraction of sp³-hybridized carbons (Fsp3) is 0.467. The van der Waals surface area contributed by atoms with Crippen molar-refractivity contribution in [3.63, 3.8) is 0 Å². The topological polar surface area (TPSA) is 75.6 Å². The number of carbonyl (C=O) groups excluding carboxylic acids is 1. The second-order valence-electron chi connectivity index (χ2n) is 4.85. The Balaban J connectivity index is 2.54. The van der Waals surface area contributed by atoms with Gasteiger partial charge in [0, 0.05) is 6.04 Å². The van der Waals surface area contributed by atoms with Gasteiger partial charge in [0.15, 0.2) is 0 Å². The molecule has 0 fully saturated rings. The van der Waals surface area contributed by atoms with Gasteiger partial charge in [0.25, 0.3) is 0 Å². The van der Waals surface area contributed by atoms with Crippen LogP contribution in [0, 0.1) is 0 Å². The van der Waals surface area contributed by atoms with E-state index in [4.69, 9.17) is 5.11 Å². The van der Waals surface area contributed by atoms with Gasteiger partial charge in [-0.2, -0.15) is 8.78 Å². The van der Waals surface area contributed by atoms with Crippen LogP contribution in [0.2, 0.25) is 0 Å². The van der Waals surface area contributed by atoms with E-state index in [-0.39, 0.29) is 24.5 Å². The number of carbonyl (C=O) groups is 2. The quantitative estimate of drug-likeness (QED) is 0.734. The summed E-state index contributed by atoms with van der Waals surface area (Å²) in [5.41, 5.74) is 0.629. The normalized spacial score (nSPS) is 12.0. The number of ether oxygens (including phenoxy) is 1. The van der Waals surface area contributed by atoms with Crippen molar-refractivity contribution in [3.8, 4) is 5.75 Å². The van der Waals surface area contributed by atoms with Crippen molar-refractivity contribution < 1.29 is 28.2 Å². The van der Waals surface area contributed by atoms with Crippen molar-refractivity contribution in [1.29, 1.82) is 0 Å². The Morgan fingerprint density at radius 3 is 2.41 bits per heavy atom. The van der Waals surface area contributed by atoms with Crippen LogP contribution in [0.1, 0.15) is 31.7 Å². The van der Waals surface area contributed by atoms with Crippen molar-refractivity contribution in [2.75, 3.05) is 0 Å². The number of amides is 1. The lowest BCUT2D eigenvalue weighted by atomic mass is 10.1. The average molecular weight is 315 g/mol. The van der Waals surface area contributed by atoms with Crippen LogP contribution in [0.15, 0.2) is 24.3 Å². The third kappa shape index (κ3) is 7.01. The number of benzene rings is 1. The molecule has 122 valence electrons. The van der Waals surface area contributed by atoms with Crippen LogP contribution >= 0.6 is 0 Å². The minimum Gasteiger partial charge on any atom is -0.481 e. The van der Waals surface area contributed by atoms with E-state index in [2.05, 4.69) is 10.1 Å². The lowest BCUT2D eigenvalue weighted by molar-refractivity contribution is -0.137. The number of rotatable bonds is 9. The number of carboxylic acid groups (broad SMARTS) is 1. The molecular formula is C15H19F2NO4. The van der Waals surface area contributed by atoms with E-state index in [1.165, 1.54) is 24.3 Å². The molecule has 1 rings (SSSR count). The van der Waals surface area contributed by atoms with E-state index in [1.54, 1.807) is 0 Å². The molecule has 0 saturated carbocycles. The van der Waals surface area contributed by atoms with Crippen LogP contribution < -0.4 is 10.1 Å². The summed E-state index contributed by atoms with van der Waals surface area (Å²) in [5, 5.41) is 11.5. The Morgan fingerprint density at radius 1 is 1.27 bits per heavy atom. The van der Waals surface area contributed by atoms with Gasteiger partial charge in [-0.05, 0) is 24.1 Å². The van der Waals surface area contributed by atoms with Crippen LogP contribution in [0.3, 0.4) is 0 Å². The number of aliphatic carboxylic acids is 1. The van der Waals surface area contributed by atoms with E-state index in [0.29, 0.717) is 12.0 Å². The maximum Gasteiger partial charge on any atom is 0.387 e. The Morgan fingerprint density at radius 2 is 1.91 bits per heavy atom. The van der Waals surface area contributed by atoms with Crippen LogP contribution in [0.25, 0.3) is 0 Å². The number of halogens is 2. The van der Waals surface area contributed by atoms with Gasteiger partial charge in [-0.25, -0.2) is 0 Å². The van der Waals surface area contributed by atoms with Gasteiger partial charge in [-0.1, -0.05) is 25.5 Å². The molecule has 0 spiro atoms. The summed E-state index contributed by atoms with van der Waals surface area (Å²) in [6.07, 6.45) is 1.27. The molecule has 0 saturated heterocycles. The first-order valence-electron chi connectivity index (χ1n) is 6.95. The standard InChI is InChI=1S/C15H19F2NO4/c1-2-3-11(9-14(20)21)18-13(19)8-10-4-6-12(7-5-10)22-15(16)17/h4-7,11,15H,2-3,8-9H2,1H3,(H,18,19)(H,20,21)/t11-/m0/s1. The molecule has 2 N–H and O–H groups in total. The van der Waals surface area contributed by atoms with Crippen LogP contribution in [0.4, 0.5) is 8.78 Å². The first-order valence-corrected chi connectivity index (χ1v) is 6.95. The summed E-state index contributed by atoms with van der Waals surface area (Å²) >= 11 is 0. The molecule has 5 nitrogen and oxygen atoms in total. The van der Waals surface area contributed by atoms with Crippen molar-refractivity contribution in [1.82, 2.24) is 5.32 Å². The molecule has 1 atom stereocenters. The molecule has 22 heavy (non-hydrogen) atoms. The summed E-state index contributed by atoms with van der Waals surface area (Å²) < 4.78 is 28.2. The maximum atomic E-state index is 12.0. The molecule has 7 heteroatoms. The van der Waals surface area contributed by atoms with Gasteiger partial charge in [0.05, 0.1) is 12.8 Å². The highest BCUT2D eigenvalue weighted by Gasteiger charge is 2.15. The van der Waals surface area contributed by atoms with Gasteiger partial charge in [0.2, 0.25) is 5.91 Å². The fourth-order valence-corrected chi connectivity index (χ4v) is 2.04. The zero-order chi connectivity index (χ0) is 16.5. The van der Waals surface area contributed by atoms with Crippen molar-refractivity contribution >= 4 is 11.9 Å². The number of nitrogens with one attached hydrogen (secondary N) is 1. The molecule has 0 aliphatic carbocycles. The van der Waals surface area contributed by atoms with Gasteiger partial charge < -0.3 is 15.2 Å². The molecule has 0 aliphatic rings. The third-order valence-electron chi connectivity index (χ3n) is 2.94. The summed E-state index contributed by atoms with van der Waals surface area (Å²) in [5.74, 6) is -1.25. The number of hydrogen-bond acceptors (Lipinski definition) is 3. The summed E-state index contributed by atoms with van der Waals surface area (Å²) in [6.45, 7) is -0.983. The molecule has 0 aliphatic heterocycles. The minimum absolute atomic E-state index is 0.0221. The average Bonchev–Trinajstić information content (AvgIpc) is 2.40. The zero-order valence-electron chi connectivity index (χ0n) is 12.2. The number of hydrogen-bond donors (Lipinski definition) is 2. The Labute approximate surface area is 127 Å². The SMILES string of the molecule is CCC[C@@H](CC(=O)O)NC(=O)Cc1ccc(OC(F)F)cc1.